The fraction of sp³-hybridized carbons (Fsp3) is 0.304. The third-order valence-electron chi connectivity index (χ3n) is 5.16. The number of nitrogens with one attached hydrogen (secondary N) is 1. The molecule has 0 atom stereocenters. The Morgan fingerprint density at radius 3 is 2.38 bits per heavy atom. The molecule has 0 unspecified atom stereocenters. The number of hydrogen-bond acceptors (Lipinski definition) is 2. The van der Waals surface area contributed by atoms with Crippen LogP contribution in [0.15, 0.2) is 66.7 Å². The summed E-state index contributed by atoms with van der Waals surface area (Å²) in [6.45, 7) is 1.48. The van der Waals surface area contributed by atoms with E-state index < -0.39 is 0 Å². The average Bonchev–Trinajstić information content (AvgIpc) is 3.19. The summed E-state index contributed by atoms with van der Waals surface area (Å²) >= 11 is 0. The maximum atomic E-state index is 6.21. The first kappa shape index (κ1) is 18.8. The lowest BCUT2D eigenvalue weighted by Gasteiger charge is -2.17. The summed E-state index contributed by atoms with van der Waals surface area (Å²) in [7, 11) is 0. The molecular formula is C23H26ClNO. The van der Waals surface area contributed by atoms with E-state index in [1.165, 1.54) is 47.6 Å². The van der Waals surface area contributed by atoms with Gasteiger partial charge in [0, 0.05) is 18.2 Å². The van der Waals surface area contributed by atoms with Gasteiger partial charge in [-0.25, -0.2) is 0 Å². The van der Waals surface area contributed by atoms with Gasteiger partial charge in [0.25, 0.3) is 0 Å². The topological polar surface area (TPSA) is 21.3 Å². The van der Waals surface area contributed by atoms with Crippen LogP contribution in [0.5, 0.6) is 5.75 Å². The second-order valence-electron chi connectivity index (χ2n) is 6.90. The van der Waals surface area contributed by atoms with E-state index in [1.54, 1.807) is 0 Å². The molecule has 1 N–H and O–H groups in total. The van der Waals surface area contributed by atoms with E-state index in [9.17, 15) is 0 Å². The molecule has 2 nitrogen and oxygen atoms in total. The van der Waals surface area contributed by atoms with Crippen molar-refractivity contribution in [1.29, 1.82) is 0 Å². The molecule has 136 valence electrons. The minimum absolute atomic E-state index is 0. The molecule has 0 bridgehead atoms. The lowest BCUT2D eigenvalue weighted by molar-refractivity contribution is 0.302. The standard InChI is InChI=1S/C23H25NO.ClH/c1-2-8-18(9-3-1)17-25-23-15-14-19-10-4-7-13-21(19)22(23)16-24-20-11-5-6-12-20;/h1-4,7-10,13-15,20,24H,5-6,11-12,16-17H2;1H. The Balaban J connectivity index is 0.00000196. The van der Waals surface area contributed by atoms with Crippen LogP contribution in [0.3, 0.4) is 0 Å². The smallest absolute Gasteiger partial charge is 0.124 e. The van der Waals surface area contributed by atoms with Crippen LogP contribution in [-0.2, 0) is 13.2 Å². The van der Waals surface area contributed by atoms with Crippen molar-refractivity contribution in [2.24, 2.45) is 0 Å². The van der Waals surface area contributed by atoms with E-state index in [0.717, 1.165) is 12.3 Å². The van der Waals surface area contributed by atoms with E-state index in [4.69, 9.17) is 4.74 Å². The predicted octanol–water partition coefficient (Wildman–Crippen LogP) is 5.87. The van der Waals surface area contributed by atoms with Crippen LogP contribution in [0.2, 0.25) is 0 Å². The van der Waals surface area contributed by atoms with Gasteiger partial charge >= 0.3 is 0 Å². The first-order valence-corrected chi connectivity index (χ1v) is 9.31. The highest BCUT2D eigenvalue weighted by atomic mass is 35.5. The monoisotopic (exact) mass is 367 g/mol. The van der Waals surface area contributed by atoms with Crippen LogP contribution in [0.4, 0.5) is 0 Å². The minimum Gasteiger partial charge on any atom is -0.489 e. The zero-order valence-electron chi connectivity index (χ0n) is 15.0. The van der Waals surface area contributed by atoms with Crippen molar-refractivity contribution in [2.75, 3.05) is 0 Å². The number of rotatable bonds is 6. The highest BCUT2D eigenvalue weighted by molar-refractivity contribution is 5.87. The Hall–Kier alpha value is -2.03. The molecule has 0 amide bonds. The lowest BCUT2D eigenvalue weighted by atomic mass is 10.0. The highest BCUT2D eigenvalue weighted by Crippen LogP contribution is 2.29. The van der Waals surface area contributed by atoms with Gasteiger partial charge in [0.05, 0.1) is 0 Å². The lowest BCUT2D eigenvalue weighted by Crippen LogP contribution is -2.25. The van der Waals surface area contributed by atoms with E-state index in [2.05, 4.69) is 66.0 Å². The van der Waals surface area contributed by atoms with E-state index >= 15 is 0 Å². The second kappa shape index (κ2) is 9.07. The largest absolute Gasteiger partial charge is 0.489 e. The Labute approximate surface area is 162 Å². The Morgan fingerprint density at radius 2 is 1.58 bits per heavy atom. The van der Waals surface area contributed by atoms with Gasteiger partial charge in [-0.15, -0.1) is 12.4 Å². The Kier molecular flexibility index (Phi) is 6.54. The average molecular weight is 368 g/mol. The van der Waals surface area contributed by atoms with Gasteiger partial charge in [0.2, 0.25) is 0 Å². The highest BCUT2D eigenvalue weighted by Gasteiger charge is 2.16. The van der Waals surface area contributed by atoms with Gasteiger partial charge in [-0.1, -0.05) is 73.5 Å². The molecular weight excluding hydrogens is 342 g/mol. The third kappa shape index (κ3) is 4.38. The molecule has 1 saturated carbocycles. The van der Waals surface area contributed by atoms with Crippen molar-refractivity contribution in [3.8, 4) is 5.75 Å². The van der Waals surface area contributed by atoms with Gasteiger partial charge in [-0.3, -0.25) is 0 Å². The summed E-state index contributed by atoms with van der Waals surface area (Å²) in [5.41, 5.74) is 2.48. The van der Waals surface area contributed by atoms with Gasteiger partial charge in [0.15, 0.2) is 0 Å². The van der Waals surface area contributed by atoms with E-state index in [-0.39, 0.29) is 12.4 Å². The number of fused-ring (bicyclic) bond motifs is 1. The molecule has 3 aromatic carbocycles. The fourth-order valence-corrected chi connectivity index (χ4v) is 3.75. The van der Waals surface area contributed by atoms with Crippen LogP contribution in [-0.4, -0.2) is 6.04 Å². The van der Waals surface area contributed by atoms with Gasteiger partial charge in [-0.2, -0.15) is 0 Å². The number of ether oxygens (including phenoxy) is 1. The van der Waals surface area contributed by atoms with Crippen molar-refractivity contribution < 1.29 is 4.74 Å². The van der Waals surface area contributed by atoms with Crippen molar-refractivity contribution in [3.05, 3.63) is 77.9 Å². The molecule has 0 aliphatic heterocycles. The minimum atomic E-state index is 0. The maximum absolute atomic E-state index is 6.21. The summed E-state index contributed by atoms with van der Waals surface area (Å²) in [4.78, 5) is 0. The molecule has 1 fully saturated rings. The molecule has 3 aromatic rings. The van der Waals surface area contributed by atoms with Crippen molar-refractivity contribution in [2.45, 2.75) is 44.9 Å². The van der Waals surface area contributed by atoms with Gasteiger partial charge < -0.3 is 10.1 Å². The van der Waals surface area contributed by atoms with Crippen LogP contribution in [0.25, 0.3) is 10.8 Å². The quantitative estimate of drug-likeness (QED) is 0.588. The molecule has 26 heavy (non-hydrogen) atoms. The molecule has 0 heterocycles. The fourth-order valence-electron chi connectivity index (χ4n) is 3.75. The molecule has 0 aromatic heterocycles. The molecule has 4 rings (SSSR count). The zero-order chi connectivity index (χ0) is 16.9. The Morgan fingerprint density at radius 1 is 0.846 bits per heavy atom. The first-order valence-electron chi connectivity index (χ1n) is 9.31. The summed E-state index contributed by atoms with van der Waals surface area (Å²) in [5.74, 6) is 0.994. The van der Waals surface area contributed by atoms with Crippen molar-refractivity contribution in [3.63, 3.8) is 0 Å². The predicted molar refractivity (Wildman–Crippen MR) is 111 cm³/mol. The van der Waals surface area contributed by atoms with Gasteiger partial charge in [-0.05, 0) is 35.2 Å². The van der Waals surface area contributed by atoms with Crippen LogP contribution >= 0.6 is 12.4 Å². The van der Waals surface area contributed by atoms with Crippen LogP contribution in [0.1, 0.15) is 36.8 Å². The van der Waals surface area contributed by atoms with Crippen molar-refractivity contribution in [1.82, 2.24) is 5.32 Å². The second-order valence-corrected chi connectivity index (χ2v) is 6.90. The molecule has 0 spiro atoms. The van der Waals surface area contributed by atoms with Gasteiger partial charge in [0.1, 0.15) is 12.4 Å². The summed E-state index contributed by atoms with van der Waals surface area (Å²) in [5, 5.41) is 6.31. The van der Waals surface area contributed by atoms with E-state index in [0.29, 0.717) is 12.6 Å². The summed E-state index contributed by atoms with van der Waals surface area (Å²) < 4.78 is 6.21. The van der Waals surface area contributed by atoms with Crippen LogP contribution in [0, 0.1) is 0 Å². The zero-order valence-corrected chi connectivity index (χ0v) is 15.8. The van der Waals surface area contributed by atoms with E-state index in [1.807, 2.05) is 6.07 Å². The normalized spacial score (nSPS) is 14.3. The number of hydrogen-bond donors (Lipinski definition) is 1. The SMILES string of the molecule is Cl.c1ccc(COc2ccc3ccccc3c2CNC2CCCC2)cc1. The molecule has 0 saturated heterocycles. The third-order valence-corrected chi connectivity index (χ3v) is 5.16. The molecule has 1 aliphatic carbocycles. The number of halogens is 1. The molecule has 0 radical (unpaired) electrons. The van der Waals surface area contributed by atoms with Crippen LogP contribution < -0.4 is 10.1 Å². The first-order chi connectivity index (χ1) is 12.4. The Bertz CT molecular complexity index is 828. The maximum Gasteiger partial charge on any atom is 0.124 e. The number of benzene rings is 3. The van der Waals surface area contributed by atoms with Crippen molar-refractivity contribution >= 4 is 23.2 Å². The molecule has 1 aliphatic rings. The summed E-state index contributed by atoms with van der Waals surface area (Å²) in [6, 6.07) is 23.9. The molecule has 3 heteroatoms. The summed E-state index contributed by atoms with van der Waals surface area (Å²) in [6.07, 6.45) is 5.30.